The van der Waals surface area contributed by atoms with Crippen molar-refractivity contribution in [3.05, 3.63) is 47.5 Å². The topological polar surface area (TPSA) is 85.3 Å². The molecule has 0 saturated carbocycles. The molecule has 7 heteroatoms. The summed E-state index contributed by atoms with van der Waals surface area (Å²) >= 11 is 0. The van der Waals surface area contributed by atoms with Crippen molar-refractivity contribution < 1.29 is 14.9 Å². The predicted molar refractivity (Wildman–Crippen MR) is 98.4 cm³/mol. The van der Waals surface area contributed by atoms with Crippen molar-refractivity contribution in [1.82, 2.24) is 19.3 Å². The zero-order valence-electron chi connectivity index (χ0n) is 15.3. The highest BCUT2D eigenvalue weighted by Crippen LogP contribution is 2.29. The Labute approximate surface area is 152 Å². The van der Waals surface area contributed by atoms with Crippen molar-refractivity contribution in [2.24, 2.45) is 0 Å². The van der Waals surface area contributed by atoms with Gasteiger partial charge in [0, 0.05) is 23.5 Å². The summed E-state index contributed by atoms with van der Waals surface area (Å²) in [7, 11) is 0. The third kappa shape index (κ3) is 3.23. The van der Waals surface area contributed by atoms with Crippen LogP contribution in [0.1, 0.15) is 23.9 Å². The van der Waals surface area contributed by atoms with Crippen molar-refractivity contribution in [3.63, 3.8) is 0 Å². The predicted octanol–water partition coefficient (Wildman–Crippen LogP) is 2.24. The van der Waals surface area contributed by atoms with Gasteiger partial charge in [0.15, 0.2) is 0 Å². The molecule has 2 heterocycles. The molecule has 7 nitrogen and oxygen atoms in total. The molecule has 0 radical (unpaired) electrons. The van der Waals surface area contributed by atoms with Gasteiger partial charge in [-0.15, -0.1) is 0 Å². The summed E-state index contributed by atoms with van der Waals surface area (Å²) in [5, 5.41) is 23.4. The van der Waals surface area contributed by atoms with Gasteiger partial charge in [-0.1, -0.05) is 0 Å². The van der Waals surface area contributed by atoms with E-state index in [0.29, 0.717) is 18.9 Å². The van der Waals surface area contributed by atoms with Crippen molar-refractivity contribution in [2.75, 3.05) is 13.2 Å². The molecule has 26 heavy (non-hydrogen) atoms. The van der Waals surface area contributed by atoms with E-state index < -0.39 is 0 Å². The SMILES string of the molecule is CCOc1ccc(-c2nccn2-c2c(C)nn(CCO)c2C)cc1CO. The fourth-order valence-corrected chi connectivity index (χ4v) is 3.18. The van der Waals surface area contributed by atoms with E-state index in [9.17, 15) is 10.2 Å². The van der Waals surface area contributed by atoms with Gasteiger partial charge in [-0.3, -0.25) is 9.25 Å². The van der Waals surface area contributed by atoms with Crippen molar-refractivity contribution >= 4 is 0 Å². The van der Waals surface area contributed by atoms with E-state index in [-0.39, 0.29) is 13.2 Å². The number of benzene rings is 1. The van der Waals surface area contributed by atoms with Crippen LogP contribution in [0.15, 0.2) is 30.6 Å². The molecule has 0 aliphatic carbocycles. The van der Waals surface area contributed by atoms with Crippen molar-refractivity contribution in [1.29, 1.82) is 0 Å². The third-order valence-corrected chi connectivity index (χ3v) is 4.33. The van der Waals surface area contributed by atoms with E-state index in [1.54, 1.807) is 10.9 Å². The molecule has 2 N–H and O–H groups in total. The summed E-state index contributed by atoms with van der Waals surface area (Å²) in [6.45, 7) is 6.77. The normalized spacial score (nSPS) is 11.1. The van der Waals surface area contributed by atoms with E-state index >= 15 is 0 Å². The van der Waals surface area contributed by atoms with Crippen molar-refractivity contribution in [3.8, 4) is 22.8 Å². The lowest BCUT2D eigenvalue weighted by Gasteiger charge is -2.12. The van der Waals surface area contributed by atoms with Crippen LogP contribution in [0.4, 0.5) is 0 Å². The second kappa shape index (κ2) is 7.72. The molecule has 0 spiro atoms. The van der Waals surface area contributed by atoms with Gasteiger partial charge in [0.25, 0.3) is 0 Å². The van der Waals surface area contributed by atoms with Crippen LogP contribution in [-0.4, -0.2) is 42.8 Å². The number of hydrogen-bond donors (Lipinski definition) is 2. The fraction of sp³-hybridized carbons (Fsp3) is 0.368. The van der Waals surface area contributed by atoms with Gasteiger partial charge < -0.3 is 14.9 Å². The lowest BCUT2D eigenvalue weighted by molar-refractivity contribution is 0.267. The minimum Gasteiger partial charge on any atom is -0.494 e. The highest BCUT2D eigenvalue weighted by Gasteiger charge is 2.17. The maximum atomic E-state index is 9.66. The van der Waals surface area contributed by atoms with Gasteiger partial charge in [0.1, 0.15) is 11.6 Å². The van der Waals surface area contributed by atoms with Crippen LogP contribution in [0.5, 0.6) is 5.75 Å². The highest BCUT2D eigenvalue weighted by atomic mass is 16.5. The van der Waals surface area contributed by atoms with Crippen LogP contribution in [-0.2, 0) is 13.2 Å². The summed E-state index contributed by atoms with van der Waals surface area (Å²) in [6, 6.07) is 5.69. The fourth-order valence-electron chi connectivity index (χ4n) is 3.18. The van der Waals surface area contributed by atoms with Gasteiger partial charge in [0.2, 0.25) is 0 Å². The Bertz CT molecular complexity index is 898. The summed E-state index contributed by atoms with van der Waals surface area (Å²) in [5.41, 5.74) is 4.39. The maximum Gasteiger partial charge on any atom is 0.144 e. The smallest absolute Gasteiger partial charge is 0.144 e. The number of ether oxygens (including phenoxy) is 1. The Kier molecular flexibility index (Phi) is 5.39. The van der Waals surface area contributed by atoms with Gasteiger partial charge in [0.05, 0.1) is 43.4 Å². The van der Waals surface area contributed by atoms with Crippen LogP contribution in [0.25, 0.3) is 17.1 Å². The van der Waals surface area contributed by atoms with Gasteiger partial charge in [-0.25, -0.2) is 4.98 Å². The lowest BCUT2D eigenvalue weighted by Crippen LogP contribution is -2.06. The van der Waals surface area contributed by atoms with Crippen LogP contribution in [0.3, 0.4) is 0 Å². The maximum absolute atomic E-state index is 9.66. The molecule has 0 amide bonds. The number of rotatable bonds is 7. The number of aliphatic hydroxyl groups excluding tert-OH is 2. The molecule has 3 aromatic rings. The van der Waals surface area contributed by atoms with E-state index in [1.165, 1.54) is 0 Å². The lowest BCUT2D eigenvalue weighted by atomic mass is 10.1. The van der Waals surface area contributed by atoms with E-state index in [4.69, 9.17) is 4.74 Å². The van der Waals surface area contributed by atoms with Gasteiger partial charge in [-0.05, 0) is 39.0 Å². The number of aromatic nitrogens is 4. The Morgan fingerprint density at radius 1 is 1.19 bits per heavy atom. The molecule has 0 bridgehead atoms. The van der Waals surface area contributed by atoms with E-state index in [0.717, 1.165) is 34.0 Å². The molecule has 0 atom stereocenters. The molecule has 0 aliphatic rings. The molecular weight excluding hydrogens is 332 g/mol. The number of imidazole rings is 1. The minimum absolute atomic E-state index is 0.0386. The van der Waals surface area contributed by atoms with Gasteiger partial charge in [-0.2, -0.15) is 5.10 Å². The molecule has 1 aromatic carbocycles. The third-order valence-electron chi connectivity index (χ3n) is 4.33. The van der Waals surface area contributed by atoms with Crippen LogP contribution in [0.2, 0.25) is 0 Å². The summed E-state index contributed by atoms with van der Waals surface area (Å²) < 4.78 is 9.35. The average molecular weight is 356 g/mol. The Balaban J connectivity index is 2.08. The molecule has 2 aromatic heterocycles. The largest absolute Gasteiger partial charge is 0.494 e. The summed E-state index contributed by atoms with van der Waals surface area (Å²) in [4.78, 5) is 4.51. The first-order valence-electron chi connectivity index (χ1n) is 8.66. The Hall–Kier alpha value is -2.64. The number of nitrogens with zero attached hydrogens (tertiary/aromatic N) is 4. The first-order valence-corrected chi connectivity index (χ1v) is 8.66. The van der Waals surface area contributed by atoms with Gasteiger partial charge >= 0.3 is 0 Å². The molecule has 3 rings (SSSR count). The first-order chi connectivity index (χ1) is 12.6. The van der Waals surface area contributed by atoms with Crippen LogP contribution >= 0.6 is 0 Å². The monoisotopic (exact) mass is 356 g/mol. The first kappa shape index (κ1) is 18.2. The number of aryl methyl sites for hydroxylation is 1. The quantitative estimate of drug-likeness (QED) is 0.678. The Morgan fingerprint density at radius 2 is 2.00 bits per heavy atom. The number of aliphatic hydroxyl groups is 2. The van der Waals surface area contributed by atoms with E-state index in [1.807, 2.05) is 49.7 Å². The number of hydrogen-bond acceptors (Lipinski definition) is 5. The molecule has 0 saturated heterocycles. The average Bonchev–Trinajstić information content (AvgIpc) is 3.20. The molecule has 0 aliphatic heterocycles. The second-order valence-electron chi connectivity index (χ2n) is 6.00. The highest BCUT2D eigenvalue weighted by molar-refractivity contribution is 5.62. The minimum atomic E-state index is -0.101. The second-order valence-corrected chi connectivity index (χ2v) is 6.00. The molecule has 0 fully saturated rings. The molecular formula is C19H24N4O3. The molecule has 0 unspecified atom stereocenters. The zero-order chi connectivity index (χ0) is 18.7. The van der Waals surface area contributed by atoms with Crippen LogP contribution < -0.4 is 4.74 Å². The molecule has 138 valence electrons. The summed E-state index contributed by atoms with van der Waals surface area (Å²) in [6.07, 6.45) is 3.64. The summed E-state index contributed by atoms with van der Waals surface area (Å²) in [5.74, 6) is 1.44. The zero-order valence-corrected chi connectivity index (χ0v) is 15.3. The van der Waals surface area contributed by atoms with E-state index in [2.05, 4.69) is 10.1 Å². The van der Waals surface area contributed by atoms with Crippen LogP contribution in [0, 0.1) is 13.8 Å². The Morgan fingerprint density at radius 3 is 2.69 bits per heavy atom. The van der Waals surface area contributed by atoms with Crippen molar-refractivity contribution in [2.45, 2.75) is 33.9 Å². The standard InChI is InChI=1S/C19H24N4O3/c1-4-26-17-6-5-15(11-16(17)12-25)19-20-7-8-22(19)18-13(2)21-23(9-10-24)14(18)3/h5-8,11,24-25H,4,9-10,12H2,1-3H3.